The second-order valence-corrected chi connectivity index (χ2v) is 9.53. The zero-order valence-electron chi connectivity index (χ0n) is 19.4. The van der Waals surface area contributed by atoms with Crippen molar-refractivity contribution in [2.24, 2.45) is 16.8 Å². The number of ether oxygens (including phenoxy) is 1. The molecule has 9 heteroatoms. The molecule has 3 unspecified atom stereocenters. The first-order chi connectivity index (χ1) is 13.8. The third kappa shape index (κ3) is 6.53. The lowest BCUT2D eigenvalue weighted by atomic mass is 9.88. The van der Waals surface area contributed by atoms with E-state index in [1.165, 1.54) is 19.5 Å². The molecule has 1 saturated heterocycles. The van der Waals surface area contributed by atoms with Gasteiger partial charge in [0.2, 0.25) is 0 Å². The molecule has 1 aromatic rings. The Labute approximate surface area is 198 Å². The highest BCUT2D eigenvalue weighted by atomic mass is 127. The minimum Gasteiger partial charge on any atom is -0.377 e. The van der Waals surface area contributed by atoms with E-state index in [0.29, 0.717) is 12.6 Å². The lowest BCUT2D eigenvalue weighted by molar-refractivity contribution is 0.0483. The molecule has 0 spiro atoms. The zero-order chi connectivity index (χ0) is 21.0. The van der Waals surface area contributed by atoms with Crippen LogP contribution in [-0.4, -0.2) is 71.0 Å². The van der Waals surface area contributed by atoms with Gasteiger partial charge in [-0.1, -0.05) is 13.8 Å². The van der Waals surface area contributed by atoms with E-state index < -0.39 is 0 Å². The Morgan fingerprint density at radius 2 is 1.93 bits per heavy atom. The van der Waals surface area contributed by atoms with E-state index in [4.69, 9.17) is 4.74 Å². The highest BCUT2D eigenvalue weighted by Crippen LogP contribution is 2.26. The second kappa shape index (κ2) is 11.1. The van der Waals surface area contributed by atoms with Crippen LogP contribution in [0.5, 0.6) is 0 Å². The number of likely N-dealkylation sites (tertiary alicyclic amines) is 1. The first kappa shape index (κ1) is 25.3. The lowest BCUT2D eigenvalue weighted by Crippen LogP contribution is -2.58. The summed E-state index contributed by atoms with van der Waals surface area (Å²) in [7, 11) is 3.51. The number of halogens is 1. The van der Waals surface area contributed by atoms with Crippen LogP contribution in [0.25, 0.3) is 0 Å². The van der Waals surface area contributed by atoms with Crippen LogP contribution in [0, 0.1) is 11.8 Å². The van der Waals surface area contributed by atoms with E-state index in [0.717, 1.165) is 55.4 Å². The van der Waals surface area contributed by atoms with Gasteiger partial charge in [0.25, 0.3) is 0 Å². The maximum Gasteiger partial charge on any atom is 0.191 e. The van der Waals surface area contributed by atoms with Crippen LogP contribution in [0.15, 0.2) is 4.99 Å². The molecule has 0 radical (unpaired) electrons. The van der Waals surface area contributed by atoms with E-state index in [1.807, 2.05) is 11.7 Å². The van der Waals surface area contributed by atoms with Crippen LogP contribution in [0.3, 0.4) is 0 Å². The van der Waals surface area contributed by atoms with Gasteiger partial charge in [0.15, 0.2) is 11.8 Å². The van der Waals surface area contributed by atoms with Crippen molar-refractivity contribution in [3.8, 4) is 0 Å². The van der Waals surface area contributed by atoms with Gasteiger partial charge in [-0.05, 0) is 38.5 Å². The predicted molar refractivity (Wildman–Crippen MR) is 131 cm³/mol. The summed E-state index contributed by atoms with van der Waals surface area (Å²) in [6.07, 6.45) is 3.28. The number of nitrogens with zero attached hydrogens (tertiary/aromatic N) is 5. The molecule has 3 heterocycles. The van der Waals surface area contributed by atoms with E-state index in [1.54, 1.807) is 7.11 Å². The van der Waals surface area contributed by atoms with Crippen LogP contribution >= 0.6 is 24.0 Å². The van der Waals surface area contributed by atoms with Gasteiger partial charge in [-0.15, -0.1) is 24.0 Å². The molecule has 1 fully saturated rings. The molecule has 1 aromatic heterocycles. The summed E-state index contributed by atoms with van der Waals surface area (Å²) in [6, 6.07) is 0.295. The highest BCUT2D eigenvalue weighted by Gasteiger charge is 2.33. The smallest absolute Gasteiger partial charge is 0.191 e. The van der Waals surface area contributed by atoms with Crippen LogP contribution in [-0.2, 0) is 24.3 Å². The number of methoxy groups -OCH3 is 1. The molecule has 3 rings (SSSR count). The largest absolute Gasteiger partial charge is 0.377 e. The number of fused-ring (bicyclic) bond motifs is 1. The summed E-state index contributed by atoms with van der Waals surface area (Å²) in [4.78, 5) is 11.6. The monoisotopic (exact) mass is 533 g/mol. The maximum absolute atomic E-state index is 5.15. The molecule has 2 aliphatic rings. The van der Waals surface area contributed by atoms with Gasteiger partial charge in [-0.3, -0.25) is 9.89 Å². The molecule has 0 saturated carbocycles. The number of guanidine groups is 1. The normalized spacial score (nSPS) is 25.4. The highest BCUT2D eigenvalue weighted by molar-refractivity contribution is 14.0. The molecule has 2 aliphatic heterocycles. The van der Waals surface area contributed by atoms with E-state index in [9.17, 15) is 0 Å². The maximum atomic E-state index is 5.15. The van der Waals surface area contributed by atoms with Gasteiger partial charge in [0, 0.05) is 51.8 Å². The molecule has 8 nitrogen and oxygen atoms in total. The van der Waals surface area contributed by atoms with Crippen molar-refractivity contribution in [2.45, 2.75) is 71.7 Å². The summed E-state index contributed by atoms with van der Waals surface area (Å²) in [5, 5.41) is 11.7. The third-order valence-electron chi connectivity index (χ3n) is 6.15. The lowest BCUT2D eigenvalue weighted by Gasteiger charge is -2.45. The average Bonchev–Trinajstić information content (AvgIpc) is 3.06. The van der Waals surface area contributed by atoms with Gasteiger partial charge in [0.1, 0.15) is 12.4 Å². The van der Waals surface area contributed by atoms with Crippen molar-refractivity contribution in [3.05, 3.63) is 11.6 Å². The Bertz CT molecular complexity index is 696. The minimum absolute atomic E-state index is 0. The van der Waals surface area contributed by atoms with Gasteiger partial charge >= 0.3 is 0 Å². The van der Waals surface area contributed by atoms with Crippen LogP contribution in [0.4, 0.5) is 0 Å². The Balaban J connectivity index is 0.00000320. The minimum atomic E-state index is 0. The average molecular weight is 534 g/mol. The van der Waals surface area contributed by atoms with Crippen molar-refractivity contribution >= 4 is 29.9 Å². The van der Waals surface area contributed by atoms with E-state index in [-0.39, 0.29) is 29.5 Å². The molecule has 3 atom stereocenters. The van der Waals surface area contributed by atoms with Gasteiger partial charge in [0.05, 0.1) is 6.54 Å². The molecule has 0 aromatic carbocycles. The molecule has 172 valence electrons. The fourth-order valence-electron chi connectivity index (χ4n) is 4.63. The summed E-state index contributed by atoms with van der Waals surface area (Å²) in [5.41, 5.74) is 0.0846. The Morgan fingerprint density at radius 3 is 2.57 bits per heavy atom. The summed E-state index contributed by atoms with van der Waals surface area (Å²) in [6.45, 7) is 13.9. The number of piperidine rings is 1. The quantitative estimate of drug-likeness (QED) is 0.332. The second-order valence-electron chi connectivity index (χ2n) is 9.53. The van der Waals surface area contributed by atoms with Crippen molar-refractivity contribution in [1.82, 2.24) is 30.3 Å². The Morgan fingerprint density at radius 1 is 1.23 bits per heavy atom. The predicted octanol–water partition coefficient (Wildman–Crippen LogP) is 2.28. The van der Waals surface area contributed by atoms with E-state index in [2.05, 4.69) is 58.3 Å². The van der Waals surface area contributed by atoms with Gasteiger partial charge in [-0.25, -0.2) is 9.67 Å². The van der Waals surface area contributed by atoms with Crippen molar-refractivity contribution < 1.29 is 4.74 Å². The number of aromatic nitrogens is 3. The SMILES string of the molecule is CN=C(NCC(C)(C)N1CC(C)CC(C)C1)NC1CCc2nc(COC)nn2C1.I. The first-order valence-corrected chi connectivity index (χ1v) is 10.9. The standard InChI is InChI=1S/C21H39N7O.HI/c1-15-9-16(2)11-27(10-15)21(3,4)14-23-20(22-5)24-17-7-8-19-25-18(13-29-6)26-28(19)12-17;/h15-17H,7-14H2,1-6H3,(H2,22,23,24);1H. The molecule has 30 heavy (non-hydrogen) atoms. The molecular weight excluding hydrogens is 493 g/mol. The van der Waals surface area contributed by atoms with Crippen LogP contribution < -0.4 is 10.6 Å². The van der Waals surface area contributed by atoms with Gasteiger partial charge < -0.3 is 15.4 Å². The number of aliphatic imine (C=N–C) groups is 1. The molecular formula is C21H40IN7O. The fraction of sp³-hybridized carbons (Fsp3) is 0.857. The molecule has 0 bridgehead atoms. The van der Waals surface area contributed by atoms with Gasteiger partial charge in [-0.2, -0.15) is 5.10 Å². The van der Waals surface area contributed by atoms with Crippen LogP contribution in [0.2, 0.25) is 0 Å². The molecule has 0 amide bonds. The van der Waals surface area contributed by atoms with Crippen molar-refractivity contribution in [1.29, 1.82) is 0 Å². The number of hydrogen-bond donors (Lipinski definition) is 2. The van der Waals surface area contributed by atoms with Crippen molar-refractivity contribution in [2.75, 3.05) is 33.8 Å². The summed E-state index contributed by atoms with van der Waals surface area (Å²) >= 11 is 0. The zero-order valence-corrected chi connectivity index (χ0v) is 21.8. The number of aryl methyl sites for hydroxylation is 1. The number of hydrogen-bond acceptors (Lipinski definition) is 5. The Hall–Kier alpha value is -0.940. The summed E-state index contributed by atoms with van der Waals surface area (Å²) in [5.74, 6) is 4.20. The first-order valence-electron chi connectivity index (χ1n) is 10.9. The topological polar surface area (TPSA) is 79.6 Å². The fourth-order valence-corrected chi connectivity index (χ4v) is 4.63. The third-order valence-corrected chi connectivity index (χ3v) is 6.15. The molecule has 0 aliphatic carbocycles. The number of rotatable bonds is 6. The summed E-state index contributed by atoms with van der Waals surface area (Å²) < 4.78 is 7.16. The number of nitrogens with one attached hydrogen (secondary N) is 2. The molecule has 2 N–H and O–H groups in total. The Kier molecular flexibility index (Phi) is 9.35. The van der Waals surface area contributed by atoms with Crippen molar-refractivity contribution in [3.63, 3.8) is 0 Å². The van der Waals surface area contributed by atoms with Crippen LogP contribution in [0.1, 0.15) is 52.2 Å². The van der Waals surface area contributed by atoms with E-state index >= 15 is 0 Å².